The first-order chi connectivity index (χ1) is 7.88. The molecule has 0 aromatic carbocycles. The van der Waals surface area contributed by atoms with Gasteiger partial charge in [0.05, 0.1) is 10.9 Å². The molecule has 0 aliphatic heterocycles. The smallest absolute Gasteiger partial charge is 0.371 e. The van der Waals surface area contributed by atoms with E-state index >= 15 is 0 Å². The molecule has 0 fully saturated rings. The minimum Gasteiger partial charge on any atom is -0.371 e. The van der Waals surface area contributed by atoms with E-state index in [9.17, 15) is 13.2 Å². The van der Waals surface area contributed by atoms with Crippen LogP contribution < -0.4 is 5.32 Å². The van der Waals surface area contributed by atoms with Crippen molar-refractivity contribution in [2.24, 2.45) is 0 Å². The first kappa shape index (κ1) is 14.8. The number of nitrogens with one attached hydrogen (secondary N) is 1. The van der Waals surface area contributed by atoms with Gasteiger partial charge in [-0.15, -0.1) is 11.3 Å². The second-order valence-corrected chi connectivity index (χ2v) is 5.07. The molecule has 1 rings (SSSR count). The maximum absolute atomic E-state index is 11.8. The van der Waals surface area contributed by atoms with Gasteiger partial charge in [-0.1, -0.05) is 11.6 Å². The first-order valence-corrected chi connectivity index (χ1v) is 6.26. The summed E-state index contributed by atoms with van der Waals surface area (Å²) >= 11 is 7.20. The van der Waals surface area contributed by atoms with E-state index in [0.29, 0.717) is 10.9 Å². The van der Waals surface area contributed by atoms with Gasteiger partial charge >= 0.3 is 6.18 Å². The van der Waals surface area contributed by atoms with Crippen molar-refractivity contribution in [2.75, 3.05) is 19.8 Å². The van der Waals surface area contributed by atoms with Crippen LogP contribution in [0.3, 0.4) is 0 Å². The van der Waals surface area contributed by atoms with Crippen molar-refractivity contribution in [3.8, 4) is 0 Å². The molecule has 0 amide bonds. The maximum Gasteiger partial charge on any atom is 0.411 e. The third-order valence-corrected chi connectivity index (χ3v) is 3.16. The lowest BCUT2D eigenvalue weighted by atomic mass is 10.2. The number of ether oxygens (including phenoxy) is 1. The van der Waals surface area contributed by atoms with E-state index < -0.39 is 12.8 Å². The molecular weight excluding hydrogens is 275 g/mol. The van der Waals surface area contributed by atoms with Crippen molar-refractivity contribution in [1.82, 2.24) is 5.32 Å². The summed E-state index contributed by atoms with van der Waals surface area (Å²) in [6, 6.07) is 1.88. The summed E-state index contributed by atoms with van der Waals surface area (Å²) in [7, 11) is 0. The fourth-order valence-electron chi connectivity index (χ4n) is 1.20. The largest absolute Gasteiger partial charge is 0.411 e. The third kappa shape index (κ3) is 6.26. The van der Waals surface area contributed by atoms with Crippen LogP contribution in [0.15, 0.2) is 11.4 Å². The van der Waals surface area contributed by atoms with Crippen molar-refractivity contribution in [2.45, 2.75) is 19.1 Å². The van der Waals surface area contributed by atoms with Crippen LogP contribution in [-0.4, -0.2) is 25.9 Å². The fourth-order valence-corrected chi connectivity index (χ4v) is 2.19. The lowest BCUT2D eigenvalue weighted by molar-refractivity contribution is -0.173. The topological polar surface area (TPSA) is 21.3 Å². The molecular formula is C10H13ClF3NOS. The van der Waals surface area contributed by atoms with E-state index in [1.165, 1.54) is 11.3 Å². The van der Waals surface area contributed by atoms with Crippen molar-refractivity contribution in [1.29, 1.82) is 0 Å². The molecule has 0 spiro atoms. The monoisotopic (exact) mass is 287 g/mol. The van der Waals surface area contributed by atoms with Crippen LogP contribution in [0.1, 0.15) is 18.5 Å². The van der Waals surface area contributed by atoms with E-state index in [0.717, 1.165) is 5.56 Å². The summed E-state index contributed by atoms with van der Waals surface area (Å²) in [5, 5.41) is 4.97. The zero-order valence-corrected chi connectivity index (χ0v) is 10.8. The highest BCUT2D eigenvalue weighted by atomic mass is 35.5. The zero-order valence-electron chi connectivity index (χ0n) is 9.18. The first-order valence-electron chi connectivity index (χ1n) is 5.00. The Morgan fingerprint density at radius 1 is 1.53 bits per heavy atom. The predicted molar refractivity (Wildman–Crippen MR) is 62.6 cm³/mol. The molecule has 1 aromatic rings. The molecule has 2 nitrogen and oxygen atoms in total. The number of rotatable bonds is 6. The molecule has 1 N–H and O–H groups in total. The van der Waals surface area contributed by atoms with Crippen molar-refractivity contribution in [3.05, 3.63) is 21.3 Å². The van der Waals surface area contributed by atoms with Crippen molar-refractivity contribution < 1.29 is 17.9 Å². The minimum atomic E-state index is -4.26. The van der Waals surface area contributed by atoms with Gasteiger partial charge in [-0.25, -0.2) is 0 Å². The molecule has 0 bridgehead atoms. The molecule has 0 saturated carbocycles. The highest BCUT2D eigenvalue weighted by Crippen LogP contribution is 2.24. The number of hydrogen-bond donors (Lipinski definition) is 1. The standard InChI is InChI=1S/C10H13ClF3NOS/c1-7(8-4-9(11)17-5-8)15-2-3-16-6-10(12,13)14/h4-5,7,15H,2-3,6H2,1H3. The van der Waals surface area contributed by atoms with E-state index in [4.69, 9.17) is 11.6 Å². The SMILES string of the molecule is CC(NCCOCC(F)(F)F)c1csc(Cl)c1. The lowest BCUT2D eigenvalue weighted by Crippen LogP contribution is -2.25. The van der Waals surface area contributed by atoms with Crippen LogP contribution >= 0.6 is 22.9 Å². The zero-order chi connectivity index (χ0) is 12.9. The summed E-state index contributed by atoms with van der Waals surface area (Å²) in [6.45, 7) is 1.11. The summed E-state index contributed by atoms with van der Waals surface area (Å²) in [5.74, 6) is 0. The Bertz CT molecular complexity index is 343. The normalized spacial score (nSPS) is 13.9. The molecule has 1 atom stereocenters. The highest BCUT2D eigenvalue weighted by molar-refractivity contribution is 7.14. The van der Waals surface area contributed by atoms with Crippen LogP contribution in [-0.2, 0) is 4.74 Å². The van der Waals surface area contributed by atoms with E-state index in [-0.39, 0.29) is 12.6 Å². The van der Waals surface area contributed by atoms with Crippen LogP contribution in [0, 0.1) is 0 Å². The average molecular weight is 288 g/mol. The highest BCUT2D eigenvalue weighted by Gasteiger charge is 2.27. The minimum absolute atomic E-state index is 0.0295. The van der Waals surface area contributed by atoms with E-state index in [1.54, 1.807) is 0 Å². The Kier molecular flexibility index (Phi) is 5.72. The second kappa shape index (κ2) is 6.58. The van der Waals surface area contributed by atoms with Gasteiger partial charge in [-0.2, -0.15) is 13.2 Å². The Balaban J connectivity index is 2.15. The van der Waals surface area contributed by atoms with Gasteiger partial charge in [0.1, 0.15) is 6.61 Å². The molecule has 1 aromatic heterocycles. The van der Waals surface area contributed by atoms with E-state index in [1.807, 2.05) is 18.4 Å². The van der Waals surface area contributed by atoms with Gasteiger partial charge in [-0.3, -0.25) is 0 Å². The lowest BCUT2D eigenvalue weighted by Gasteiger charge is -2.13. The maximum atomic E-state index is 11.8. The average Bonchev–Trinajstić information content (AvgIpc) is 2.62. The quantitative estimate of drug-likeness (QED) is 0.807. The summed E-state index contributed by atoms with van der Waals surface area (Å²) in [4.78, 5) is 0. The number of alkyl halides is 3. The van der Waals surface area contributed by atoms with Crippen LogP contribution in [0.25, 0.3) is 0 Å². The van der Waals surface area contributed by atoms with Gasteiger partial charge < -0.3 is 10.1 Å². The fraction of sp³-hybridized carbons (Fsp3) is 0.600. The van der Waals surface area contributed by atoms with Crippen LogP contribution in [0.4, 0.5) is 13.2 Å². The molecule has 1 heterocycles. The number of thiophene rings is 1. The van der Waals surface area contributed by atoms with Gasteiger partial charge in [0.25, 0.3) is 0 Å². The van der Waals surface area contributed by atoms with Gasteiger partial charge in [0.15, 0.2) is 0 Å². The Morgan fingerprint density at radius 2 is 2.24 bits per heavy atom. The number of hydrogen-bond acceptors (Lipinski definition) is 3. The van der Waals surface area contributed by atoms with Gasteiger partial charge in [-0.05, 0) is 23.9 Å². The summed E-state index contributed by atoms with van der Waals surface area (Å²) in [5.41, 5.74) is 1.02. The van der Waals surface area contributed by atoms with Crippen LogP contribution in [0.5, 0.6) is 0 Å². The molecule has 0 saturated heterocycles. The van der Waals surface area contributed by atoms with Crippen LogP contribution in [0.2, 0.25) is 4.34 Å². The Labute approximate surface area is 107 Å². The second-order valence-electron chi connectivity index (χ2n) is 3.53. The molecule has 17 heavy (non-hydrogen) atoms. The molecule has 98 valence electrons. The molecule has 0 radical (unpaired) electrons. The number of halogens is 4. The molecule has 0 aliphatic carbocycles. The predicted octanol–water partition coefficient (Wildman–Crippen LogP) is 3.63. The Morgan fingerprint density at radius 3 is 2.76 bits per heavy atom. The molecule has 7 heteroatoms. The Hall–Kier alpha value is -0.300. The summed E-state index contributed by atoms with van der Waals surface area (Å²) < 4.78 is 40.4. The van der Waals surface area contributed by atoms with Gasteiger partial charge in [0.2, 0.25) is 0 Å². The summed E-state index contributed by atoms with van der Waals surface area (Å²) in [6.07, 6.45) is -4.26. The van der Waals surface area contributed by atoms with Crippen molar-refractivity contribution >= 4 is 22.9 Å². The molecule has 1 unspecified atom stereocenters. The third-order valence-electron chi connectivity index (χ3n) is 2.05. The van der Waals surface area contributed by atoms with Gasteiger partial charge in [0, 0.05) is 12.6 Å². The van der Waals surface area contributed by atoms with E-state index in [2.05, 4.69) is 10.1 Å². The van der Waals surface area contributed by atoms with Crippen molar-refractivity contribution in [3.63, 3.8) is 0 Å². The molecule has 0 aliphatic rings.